The first kappa shape index (κ1) is 20.4. The van der Waals surface area contributed by atoms with Crippen molar-refractivity contribution in [1.82, 2.24) is 4.31 Å². The van der Waals surface area contributed by atoms with E-state index in [2.05, 4.69) is 5.32 Å². The molecule has 1 atom stereocenters. The van der Waals surface area contributed by atoms with Crippen LogP contribution >= 0.6 is 0 Å². The average Bonchev–Trinajstić information content (AvgIpc) is 2.69. The van der Waals surface area contributed by atoms with Crippen molar-refractivity contribution in [3.05, 3.63) is 60.2 Å². The summed E-state index contributed by atoms with van der Waals surface area (Å²) in [6.07, 6.45) is 2.21. The Hall–Kier alpha value is -2.32. The minimum atomic E-state index is -3.69. The summed E-state index contributed by atoms with van der Waals surface area (Å²) in [5.74, 6) is -1.25. The van der Waals surface area contributed by atoms with Crippen LogP contribution in [-0.4, -0.2) is 31.7 Å². The lowest BCUT2D eigenvalue weighted by molar-refractivity contribution is -0.116. The third-order valence-corrected chi connectivity index (χ3v) is 6.74. The van der Waals surface area contributed by atoms with Gasteiger partial charge >= 0.3 is 0 Å². The molecule has 28 heavy (non-hydrogen) atoms. The van der Waals surface area contributed by atoms with Crippen molar-refractivity contribution in [2.24, 2.45) is 5.92 Å². The van der Waals surface area contributed by atoms with Crippen LogP contribution in [0.4, 0.5) is 14.5 Å². The van der Waals surface area contributed by atoms with Crippen LogP contribution in [0.25, 0.3) is 0 Å². The standard InChI is InChI=1S/C20H22F2N2O3S/c21-16-8-10-17(11-9-16)28(26,27)24-13-3-4-15(14-24)7-12-20(25)23-19-6-2-1-5-18(19)22/h1-2,5-6,8-11,15H,3-4,7,12-14H2,(H,23,25). The van der Waals surface area contributed by atoms with Crippen LogP contribution in [0.15, 0.2) is 53.4 Å². The molecule has 1 saturated heterocycles. The molecule has 1 aliphatic rings. The van der Waals surface area contributed by atoms with Gasteiger partial charge in [-0.3, -0.25) is 4.79 Å². The summed E-state index contributed by atoms with van der Waals surface area (Å²) in [5, 5.41) is 2.54. The number of hydrogen-bond donors (Lipinski definition) is 1. The number of rotatable bonds is 6. The topological polar surface area (TPSA) is 66.5 Å². The number of sulfonamides is 1. The Kier molecular flexibility index (Phi) is 6.41. The van der Waals surface area contributed by atoms with E-state index in [1.165, 1.54) is 28.6 Å². The SMILES string of the molecule is O=C(CCC1CCCN(S(=O)(=O)c2ccc(F)cc2)C1)Nc1ccccc1F. The minimum absolute atomic E-state index is 0.0374. The molecule has 0 radical (unpaired) electrons. The molecule has 0 aromatic heterocycles. The lowest BCUT2D eigenvalue weighted by Gasteiger charge is -2.32. The largest absolute Gasteiger partial charge is 0.324 e. The second kappa shape index (κ2) is 8.79. The van der Waals surface area contributed by atoms with Crippen LogP contribution in [-0.2, 0) is 14.8 Å². The van der Waals surface area contributed by atoms with Gasteiger partial charge in [0.15, 0.2) is 0 Å². The Morgan fingerprint density at radius 3 is 2.54 bits per heavy atom. The Morgan fingerprint density at radius 2 is 1.82 bits per heavy atom. The average molecular weight is 408 g/mol. The van der Waals surface area contributed by atoms with E-state index in [4.69, 9.17) is 0 Å². The van der Waals surface area contributed by atoms with Crippen LogP contribution in [0.1, 0.15) is 25.7 Å². The fourth-order valence-electron chi connectivity index (χ4n) is 3.35. The number of piperidine rings is 1. The van der Waals surface area contributed by atoms with E-state index in [0.29, 0.717) is 25.9 Å². The van der Waals surface area contributed by atoms with Gasteiger partial charge in [-0.1, -0.05) is 12.1 Å². The van der Waals surface area contributed by atoms with Gasteiger partial charge in [0.05, 0.1) is 10.6 Å². The van der Waals surface area contributed by atoms with E-state index in [-0.39, 0.29) is 28.8 Å². The van der Waals surface area contributed by atoms with Gasteiger partial charge in [-0.15, -0.1) is 0 Å². The zero-order valence-electron chi connectivity index (χ0n) is 15.3. The zero-order chi connectivity index (χ0) is 20.1. The third-order valence-electron chi connectivity index (χ3n) is 4.86. The summed E-state index contributed by atoms with van der Waals surface area (Å²) in [5.41, 5.74) is 0.136. The number of hydrogen-bond acceptors (Lipinski definition) is 3. The molecule has 2 aromatic rings. The summed E-state index contributed by atoms with van der Waals surface area (Å²) in [6, 6.07) is 10.7. The number of nitrogens with zero attached hydrogens (tertiary/aromatic N) is 1. The number of benzene rings is 2. The van der Waals surface area contributed by atoms with Gasteiger partial charge < -0.3 is 5.32 Å². The molecule has 8 heteroatoms. The van der Waals surface area contributed by atoms with Crippen molar-refractivity contribution in [2.75, 3.05) is 18.4 Å². The van der Waals surface area contributed by atoms with E-state index in [1.54, 1.807) is 12.1 Å². The maximum Gasteiger partial charge on any atom is 0.243 e. The van der Waals surface area contributed by atoms with Crippen LogP contribution in [0.5, 0.6) is 0 Å². The number of para-hydroxylation sites is 1. The molecule has 0 saturated carbocycles. The van der Waals surface area contributed by atoms with E-state index < -0.39 is 21.7 Å². The molecule has 1 aliphatic heterocycles. The van der Waals surface area contributed by atoms with E-state index in [9.17, 15) is 22.0 Å². The highest BCUT2D eigenvalue weighted by atomic mass is 32.2. The predicted molar refractivity (Wildman–Crippen MR) is 102 cm³/mol. The number of amides is 1. The molecule has 1 heterocycles. The van der Waals surface area contributed by atoms with Crippen LogP contribution in [0, 0.1) is 17.6 Å². The van der Waals surface area contributed by atoms with Crippen molar-refractivity contribution in [3.8, 4) is 0 Å². The van der Waals surface area contributed by atoms with E-state index >= 15 is 0 Å². The smallest absolute Gasteiger partial charge is 0.243 e. The number of carbonyl (C=O) groups is 1. The van der Waals surface area contributed by atoms with E-state index in [1.807, 2.05) is 0 Å². The van der Waals surface area contributed by atoms with Gasteiger partial charge in [0.2, 0.25) is 15.9 Å². The molecule has 2 aromatic carbocycles. The second-order valence-electron chi connectivity index (χ2n) is 6.89. The molecule has 1 unspecified atom stereocenters. The Labute approximate surface area is 163 Å². The summed E-state index contributed by atoms with van der Waals surface area (Å²) >= 11 is 0. The lowest BCUT2D eigenvalue weighted by Crippen LogP contribution is -2.40. The third kappa shape index (κ3) is 4.94. The minimum Gasteiger partial charge on any atom is -0.324 e. The summed E-state index contributed by atoms with van der Waals surface area (Å²) in [4.78, 5) is 12.2. The highest BCUT2D eigenvalue weighted by molar-refractivity contribution is 7.89. The van der Waals surface area contributed by atoms with Gasteiger partial charge in [0.1, 0.15) is 11.6 Å². The highest BCUT2D eigenvalue weighted by Gasteiger charge is 2.30. The van der Waals surface area contributed by atoms with E-state index in [0.717, 1.165) is 18.6 Å². The summed E-state index contributed by atoms with van der Waals surface area (Å²) in [6.45, 7) is 0.713. The number of carbonyl (C=O) groups excluding carboxylic acids is 1. The van der Waals surface area contributed by atoms with Gasteiger partial charge in [-0.25, -0.2) is 17.2 Å². The molecule has 3 rings (SSSR count). The normalized spacial score (nSPS) is 18.0. The molecule has 1 amide bonds. The molecule has 1 N–H and O–H groups in total. The quantitative estimate of drug-likeness (QED) is 0.791. The highest BCUT2D eigenvalue weighted by Crippen LogP contribution is 2.26. The first-order valence-corrected chi connectivity index (χ1v) is 10.6. The Balaban J connectivity index is 1.57. The fraction of sp³-hybridized carbons (Fsp3) is 0.350. The predicted octanol–water partition coefficient (Wildman–Crippen LogP) is 3.78. The van der Waals surface area contributed by atoms with Crippen molar-refractivity contribution >= 4 is 21.6 Å². The van der Waals surface area contributed by atoms with Crippen molar-refractivity contribution in [1.29, 1.82) is 0 Å². The molecule has 0 aliphatic carbocycles. The second-order valence-corrected chi connectivity index (χ2v) is 8.83. The molecular formula is C20H22F2N2O3S. The van der Waals surface area contributed by atoms with Crippen molar-refractivity contribution in [2.45, 2.75) is 30.6 Å². The first-order chi connectivity index (χ1) is 13.4. The lowest BCUT2D eigenvalue weighted by atomic mass is 9.94. The van der Waals surface area contributed by atoms with Crippen molar-refractivity contribution in [3.63, 3.8) is 0 Å². The Morgan fingerprint density at radius 1 is 1.11 bits per heavy atom. The maximum absolute atomic E-state index is 13.6. The maximum atomic E-state index is 13.6. The fourth-order valence-corrected chi connectivity index (χ4v) is 4.90. The number of halogens is 2. The van der Waals surface area contributed by atoms with Crippen LogP contribution < -0.4 is 5.32 Å². The van der Waals surface area contributed by atoms with Gasteiger partial charge in [0, 0.05) is 19.5 Å². The molecule has 150 valence electrons. The monoisotopic (exact) mass is 408 g/mol. The van der Waals surface area contributed by atoms with Crippen molar-refractivity contribution < 1.29 is 22.0 Å². The molecular weight excluding hydrogens is 386 g/mol. The Bertz CT molecular complexity index is 933. The first-order valence-electron chi connectivity index (χ1n) is 9.16. The zero-order valence-corrected chi connectivity index (χ0v) is 16.1. The van der Waals surface area contributed by atoms with Crippen LogP contribution in [0.2, 0.25) is 0 Å². The molecule has 1 fully saturated rings. The molecule has 0 spiro atoms. The summed E-state index contributed by atoms with van der Waals surface area (Å²) in [7, 11) is -3.69. The number of anilines is 1. The van der Waals surface area contributed by atoms with Gasteiger partial charge in [0.25, 0.3) is 0 Å². The number of nitrogens with one attached hydrogen (secondary N) is 1. The van der Waals surface area contributed by atoms with Gasteiger partial charge in [-0.05, 0) is 61.6 Å². The van der Waals surface area contributed by atoms with Crippen LogP contribution in [0.3, 0.4) is 0 Å². The molecule has 5 nitrogen and oxygen atoms in total. The summed E-state index contributed by atoms with van der Waals surface area (Å²) < 4.78 is 53.5. The molecule has 0 bridgehead atoms. The van der Waals surface area contributed by atoms with Gasteiger partial charge in [-0.2, -0.15) is 4.31 Å².